The number of esters is 1. The third-order valence-electron chi connectivity index (χ3n) is 3.79. The lowest BCUT2D eigenvalue weighted by atomic mass is 10.1. The highest BCUT2D eigenvalue weighted by molar-refractivity contribution is 5.69. The van der Waals surface area contributed by atoms with Gasteiger partial charge in [-0.25, -0.2) is 0 Å². The lowest BCUT2D eigenvalue weighted by Gasteiger charge is -2.08. The molecule has 0 aliphatic heterocycles. The molecule has 0 spiro atoms. The van der Waals surface area contributed by atoms with Crippen LogP contribution in [-0.4, -0.2) is 35.5 Å². The molecule has 0 aliphatic rings. The molecule has 0 saturated heterocycles. The van der Waals surface area contributed by atoms with Gasteiger partial charge in [0.15, 0.2) is 0 Å². The molecule has 0 aromatic carbocycles. The van der Waals surface area contributed by atoms with Crippen LogP contribution < -0.4 is 0 Å². The van der Waals surface area contributed by atoms with Gasteiger partial charge in [-0.2, -0.15) is 0 Å². The smallest absolute Gasteiger partial charge is 0.305 e. The van der Waals surface area contributed by atoms with E-state index >= 15 is 0 Å². The number of unbranched alkanes of at least 4 members (excludes halogenated alkanes) is 9. The van der Waals surface area contributed by atoms with Gasteiger partial charge >= 0.3 is 5.97 Å². The quantitative estimate of drug-likeness (QED) is 0.254. The summed E-state index contributed by atoms with van der Waals surface area (Å²) < 4.78 is 4.84. The van der Waals surface area contributed by atoms with Crippen LogP contribution in [0.25, 0.3) is 0 Å². The normalized spacial score (nSPS) is 12.7. The zero-order chi connectivity index (χ0) is 17.2. The molecule has 2 N–H and O–H groups in total. The molecule has 0 saturated carbocycles. The Hall–Kier alpha value is -0.870. The molecule has 4 heteroatoms. The van der Waals surface area contributed by atoms with Crippen molar-refractivity contribution in [2.24, 2.45) is 0 Å². The van der Waals surface area contributed by atoms with Gasteiger partial charge < -0.3 is 14.9 Å². The maximum Gasteiger partial charge on any atom is 0.305 e. The summed E-state index contributed by atoms with van der Waals surface area (Å²) in [5.74, 6) is -0.288. The largest absolute Gasteiger partial charge is 0.463 e. The van der Waals surface area contributed by atoms with Gasteiger partial charge in [-0.1, -0.05) is 57.6 Å². The van der Waals surface area contributed by atoms with E-state index in [2.05, 4.69) is 19.1 Å². The average Bonchev–Trinajstić information content (AvgIpc) is 2.56. The van der Waals surface area contributed by atoms with E-state index in [4.69, 9.17) is 14.9 Å². The van der Waals surface area contributed by atoms with Crippen LogP contribution in [0.2, 0.25) is 0 Å². The van der Waals surface area contributed by atoms with Gasteiger partial charge in [0.25, 0.3) is 0 Å². The molecule has 0 bridgehead atoms. The molecular weight excluding hydrogens is 292 g/mol. The van der Waals surface area contributed by atoms with Gasteiger partial charge in [0.05, 0.1) is 6.61 Å². The zero-order valence-corrected chi connectivity index (χ0v) is 14.8. The first kappa shape index (κ1) is 22.1. The van der Waals surface area contributed by atoms with Crippen molar-refractivity contribution in [2.45, 2.75) is 90.1 Å². The van der Waals surface area contributed by atoms with E-state index in [9.17, 15) is 4.79 Å². The van der Waals surface area contributed by atoms with Gasteiger partial charge in [-0.05, 0) is 32.1 Å². The zero-order valence-electron chi connectivity index (χ0n) is 14.8. The van der Waals surface area contributed by atoms with Crippen molar-refractivity contribution < 1.29 is 19.7 Å². The van der Waals surface area contributed by atoms with Crippen LogP contribution in [0.4, 0.5) is 0 Å². The molecule has 0 aromatic heterocycles. The van der Waals surface area contributed by atoms with Crippen LogP contribution in [0.15, 0.2) is 12.2 Å². The highest BCUT2D eigenvalue weighted by Crippen LogP contribution is 2.09. The molecule has 0 aromatic rings. The number of aliphatic hydroxyl groups is 2. The van der Waals surface area contributed by atoms with E-state index in [1.165, 1.54) is 44.9 Å². The summed E-state index contributed by atoms with van der Waals surface area (Å²) in [6.45, 7) is 1.75. The maximum absolute atomic E-state index is 11.3. The summed E-state index contributed by atoms with van der Waals surface area (Å²) in [6.07, 6.45) is 17.2. The first-order chi connectivity index (χ1) is 11.2. The fraction of sp³-hybridized carbons (Fsp3) is 0.842. The molecule has 0 fully saturated rings. The van der Waals surface area contributed by atoms with Crippen LogP contribution >= 0.6 is 0 Å². The van der Waals surface area contributed by atoms with Crippen LogP contribution in [0.5, 0.6) is 0 Å². The van der Waals surface area contributed by atoms with E-state index in [1.54, 1.807) is 0 Å². The molecule has 136 valence electrons. The highest BCUT2D eigenvalue weighted by atomic mass is 16.5. The van der Waals surface area contributed by atoms with Crippen molar-refractivity contribution >= 4 is 5.97 Å². The summed E-state index contributed by atoms with van der Waals surface area (Å²) in [7, 11) is 0. The Labute approximate surface area is 141 Å². The van der Waals surface area contributed by atoms with Crippen LogP contribution in [0, 0.1) is 0 Å². The third kappa shape index (κ3) is 17.3. The van der Waals surface area contributed by atoms with Crippen molar-refractivity contribution in [3.63, 3.8) is 0 Å². The van der Waals surface area contributed by atoms with Crippen LogP contribution in [0.3, 0.4) is 0 Å². The van der Waals surface area contributed by atoms with E-state index in [0.29, 0.717) is 6.42 Å². The number of hydrogen-bond acceptors (Lipinski definition) is 4. The Morgan fingerprint density at radius 2 is 1.52 bits per heavy atom. The molecule has 0 aliphatic carbocycles. The van der Waals surface area contributed by atoms with Gasteiger partial charge in [0.2, 0.25) is 0 Å². The summed E-state index contributed by atoms with van der Waals surface area (Å²) in [5, 5.41) is 17.7. The number of rotatable bonds is 16. The Morgan fingerprint density at radius 1 is 0.957 bits per heavy atom. The number of aliphatic hydroxyl groups excluding tert-OH is 2. The first-order valence-electron chi connectivity index (χ1n) is 9.30. The molecule has 1 atom stereocenters. The minimum Gasteiger partial charge on any atom is -0.463 e. The molecule has 0 heterocycles. The van der Waals surface area contributed by atoms with Gasteiger partial charge in [0, 0.05) is 6.42 Å². The average molecular weight is 328 g/mol. The molecule has 4 nitrogen and oxygen atoms in total. The molecule has 23 heavy (non-hydrogen) atoms. The topological polar surface area (TPSA) is 66.8 Å². The third-order valence-corrected chi connectivity index (χ3v) is 3.79. The SMILES string of the molecule is CCCCCC/C=C/CCCCCCCC(=O)OC[C@H](O)CO. The summed E-state index contributed by atoms with van der Waals surface area (Å²) in [6, 6.07) is 0. The summed E-state index contributed by atoms with van der Waals surface area (Å²) >= 11 is 0. The minimum atomic E-state index is -0.960. The second kappa shape index (κ2) is 17.5. The Balaban J connectivity index is 3.24. The number of allylic oxidation sites excluding steroid dienone is 2. The van der Waals surface area contributed by atoms with Gasteiger partial charge in [-0.15, -0.1) is 0 Å². The minimum absolute atomic E-state index is 0.111. The van der Waals surface area contributed by atoms with Crippen LogP contribution in [0.1, 0.15) is 84.0 Å². The van der Waals surface area contributed by atoms with Crippen molar-refractivity contribution in [1.29, 1.82) is 0 Å². The Kier molecular flexibility index (Phi) is 16.8. The number of hydrogen-bond donors (Lipinski definition) is 2. The van der Waals surface area contributed by atoms with E-state index < -0.39 is 6.10 Å². The fourth-order valence-corrected chi connectivity index (χ4v) is 2.30. The van der Waals surface area contributed by atoms with Crippen molar-refractivity contribution in [1.82, 2.24) is 0 Å². The predicted molar refractivity (Wildman–Crippen MR) is 94.3 cm³/mol. The monoisotopic (exact) mass is 328 g/mol. The first-order valence-corrected chi connectivity index (χ1v) is 9.30. The number of ether oxygens (including phenoxy) is 1. The van der Waals surface area contributed by atoms with E-state index in [0.717, 1.165) is 25.7 Å². The standard InChI is InChI=1S/C19H36O4/c1-2-3-4-5-6-7-8-9-10-11-12-13-14-15-19(22)23-17-18(21)16-20/h7-8,18,20-21H,2-6,9-17H2,1H3/b8-7+/t18-/m1/s1. The Bertz CT molecular complexity index is 289. The number of carbonyl (C=O) groups is 1. The summed E-state index contributed by atoms with van der Waals surface area (Å²) in [4.78, 5) is 11.3. The van der Waals surface area contributed by atoms with Crippen LogP contribution in [-0.2, 0) is 9.53 Å². The predicted octanol–water partition coefficient (Wildman–Crippen LogP) is 4.14. The van der Waals surface area contributed by atoms with Gasteiger partial charge in [0.1, 0.15) is 12.7 Å². The van der Waals surface area contributed by atoms with Crippen molar-refractivity contribution in [3.8, 4) is 0 Å². The summed E-state index contributed by atoms with van der Waals surface area (Å²) in [5.41, 5.74) is 0. The van der Waals surface area contributed by atoms with E-state index in [-0.39, 0.29) is 19.2 Å². The van der Waals surface area contributed by atoms with Crippen molar-refractivity contribution in [2.75, 3.05) is 13.2 Å². The Morgan fingerprint density at radius 3 is 2.13 bits per heavy atom. The molecule has 0 amide bonds. The lowest BCUT2D eigenvalue weighted by Crippen LogP contribution is -2.21. The molecular formula is C19H36O4. The van der Waals surface area contributed by atoms with Gasteiger partial charge in [-0.3, -0.25) is 4.79 Å². The highest BCUT2D eigenvalue weighted by Gasteiger charge is 2.07. The second-order valence-electron chi connectivity index (χ2n) is 6.15. The molecule has 0 radical (unpaired) electrons. The second-order valence-corrected chi connectivity index (χ2v) is 6.15. The number of carbonyl (C=O) groups excluding carboxylic acids is 1. The fourth-order valence-electron chi connectivity index (χ4n) is 2.30. The van der Waals surface area contributed by atoms with Crippen molar-refractivity contribution in [3.05, 3.63) is 12.2 Å². The van der Waals surface area contributed by atoms with E-state index in [1.807, 2.05) is 0 Å². The molecule has 0 rings (SSSR count). The lowest BCUT2D eigenvalue weighted by molar-refractivity contribution is -0.147. The maximum atomic E-state index is 11.3. The molecule has 0 unspecified atom stereocenters.